The topological polar surface area (TPSA) is 56.1 Å². The van der Waals surface area contributed by atoms with Crippen LogP contribution in [-0.2, 0) is 0 Å². The summed E-state index contributed by atoms with van der Waals surface area (Å²) in [7, 11) is 1.69. The van der Waals surface area contributed by atoms with Crippen molar-refractivity contribution in [2.75, 3.05) is 13.6 Å². The van der Waals surface area contributed by atoms with Gasteiger partial charge >= 0.3 is 6.03 Å². The Labute approximate surface area is 108 Å². The van der Waals surface area contributed by atoms with Crippen molar-refractivity contribution < 1.29 is 4.79 Å². The molecular formula is C14H21N3O. The Morgan fingerprint density at radius 1 is 1.28 bits per heavy atom. The Hall–Kier alpha value is -1.24. The van der Waals surface area contributed by atoms with E-state index in [1.54, 1.807) is 7.05 Å². The maximum Gasteiger partial charge on any atom is 0.318 e. The van der Waals surface area contributed by atoms with E-state index in [2.05, 4.69) is 5.32 Å². The number of urea groups is 1. The Morgan fingerprint density at radius 2 is 1.78 bits per heavy atom. The van der Waals surface area contributed by atoms with Crippen molar-refractivity contribution in [1.29, 1.82) is 5.26 Å². The molecule has 0 aromatic carbocycles. The van der Waals surface area contributed by atoms with Gasteiger partial charge in [-0.1, -0.05) is 0 Å². The summed E-state index contributed by atoms with van der Waals surface area (Å²) in [6.07, 6.45) is 7.61. The van der Waals surface area contributed by atoms with E-state index in [0.29, 0.717) is 0 Å². The summed E-state index contributed by atoms with van der Waals surface area (Å²) in [5.41, 5.74) is 0.0511. The second kappa shape index (κ2) is 4.15. The van der Waals surface area contributed by atoms with Gasteiger partial charge in [-0.15, -0.1) is 0 Å². The van der Waals surface area contributed by atoms with E-state index in [4.69, 9.17) is 5.26 Å². The van der Waals surface area contributed by atoms with Gasteiger partial charge in [0.15, 0.2) is 0 Å². The molecule has 4 nitrogen and oxygen atoms in total. The second-order valence-electron chi connectivity index (χ2n) is 6.64. The van der Waals surface area contributed by atoms with E-state index in [1.807, 2.05) is 6.07 Å². The number of rotatable bonds is 2. The van der Waals surface area contributed by atoms with Crippen LogP contribution >= 0.6 is 0 Å². The third-order valence-electron chi connectivity index (χ3n) is 5.06. The molecule has 0 unspecified atom stereocenters. The lowest BCUT2D eigenvalue weighted by Crippen LogP contribution is -2.61. The van der Waals surface area contributed by atoms with Gasteiger partial charge in [0.1, 0.15) is 6.54 Å². The van der Waals surface area contributed by atoms with E-state index >= 15 is 0 Å². The molecule has 4 aliphatic carbocycles. The number of hydrogen-bond donors (Lipinski definition) is 1. The maximum atomic E-state index is 12.1. The quantitative estimate of drug-likeness (QED) is 0.760. The van der Waals surface area contributed by atoms with Crippen LogP contribution in [0.15, 0.2) is 0 Å². The highest BCUT2D eigenvalue weighted by atomic mass is 16.2. The molecule has 0 saturated heterocycles. The van der Waals surface area contributed by atoms with E-state index in [9.17, 15) is 4.79 Å². The molecule has 0 aliphatic heterocycles. The molecule has 1 N–H and O–H groups in total. The van der Waals surface area contributed by atoms with Crippen molar-refractivity contribution in [2.45, 2.75) is 44.1 Å². The van der Waals surface area contributed by atoms with Crippen LogP contribution < -0.4 is 5.32 Å². The second-order valence-corrected chi connectivity index (χ2v) is 6.64. The van der Waals surface area contributed by atoms with Crippen molar-refractivity contribution >= 4 is 6.03 Å². The minimum Gasteiger partial charge on any atom is -0.333 e. The number of carbonyl (C=O) groups excluding carboxylic acids is 1. The molecule has 0 heterocycles. The van der Waals surface area contributed by atoms with E-state index in [1.165, 1.54) is 24.2 Å². The van der Waals surface area contributed by atoms with Gasteiger partial charge in [0.2, 0.25) is 0 Å². The summed E-state index contributed by atoms with van der Waals surface area (Å²) >= 11 is 0. The van der Waals surface area contributed by atoms with Gasteiger partial charge in [-0.25, -0.2) is 4.79 Å². The summed E-state index contributed by atoms with van der Waals surface area (Å²) in [6.45, 7) is 0.165. The minimum absolute atomic E-state index is 0.0511. The van der Waals surface area contributed by atoms with Gasteiger partial charge in [-0.2, -0.15) is 5.26 Å². The predicted octanol–water partition coefficient (Wildman–Crippen LogP) is 2.12. The van der Waals surface area contributed by atoms with Crippen LogP contribution in [0.1, 0.15) is 38.5 Å². The standard InChI is InChI=1S/C14H21N3O/c1-17(3-2-15)13(18)16-14-7-10-4-11(8-14)6-12(5-10)9-14/h10-12H,3-9H2,1H3,(H,16,18). The fourth-order valence-corrected chi connectivity index (χ4v) is 4.76. The first-order valence-electron chi connectivity index (χ1n) is 7.00. The Kier molecular flexibility index (Phi) is 2.73. The fraction of sp³-hybridized carbons (Fsp3) is 0.857. The van der Waals surface area contributed by atoms with Gasteiger partial charge in [0.05, 0.1) is 6.07 Å². The van der Waals surface area contributed by atoms with Crippen LogP contribution in [0.2, 0.25) is 0 Å². The van der Waals surface area contributed by atoms with Gasteiger partial charge in [-0.05, 0) is 56.3 Å². The van der Waals surface area contributed by atoms with Gasteiger partial charge in [0.25, 0.3) is 0 Å². The van der Waals surface area contributed by atoms with Gasteiger partial charge in [-0.3, -0.25) is 0 Å². The minimum atomic E-state index is -0.0708. The molecule has 0 atom stereocenters. The van der Waals surface area contributed by atoms with Crippen LogP contribution in [-0.4, -0.2) is 30.1 Å². The van der Waals surface area contributed by atoms with Crippen molar-refractivity contribution in [2.24, 2.45) is 17.8 Å². The Morgan fingerprint density at radius 3 is 2.22 bits per heavy atom. The van der Waals surface area contributed by atoms with Gasteiger partial charge in [0, 0.05) is 12.6 Å². The zero-order chi connectivity index (χ0) is 12.8. The molecule has 18 heavy (non-hydrogen) atoms. The molecule has 0 aromatic heterocycles. The molecule has 4 fully saturated rings. The van der Waals surface area contributed by atoms with Crippen molar-refractivity contribution in [3.63, 3.8) is 0 Å². The zero-order valence-electron chi connectivity index (χ0n) is 11.0. The molecule has 98 valence electrons. The average Bonchev–Trinajstić information content (AvgIpc) is 2.26. The number of amides is 2. The average molecular weight is 247 g/mol. The Bertz CT molecular complexity index is 363. The highest BCUT2D eigenvalue weighted by molar-refractivity contribution is 5.75. The molecule has 4 saturated carbocycles. The summed E-state index contributed by atoms with van der Waals surface area (Å²) in [4.78, 5) is 13.6. The van der Waals surface area contributed by atoms with E-state index < -0.39 is 0 Å². The molecule has 4 bridgehead atoms. The number of nitrogens with zero attached hydrogens (tertiary/aromatic N) is 2. The first-order chi connectivity index (χ1) is 8.60. The summed E-state index contributed by atoms with van der Waals surface area (Å²) < 4.78 is 0. The summed E-state index contributed by atoms with van der Waals surface area (Å²) in [5.74, 6) is 2.49. The highest BCUT2D eigenvalue weighted by Gasteiger charge is 2.51. The fourth-order valence-electron chi connectivity index (χ4n) is 4.76. The lowest BCUT2D eigenvalue weighted by atomic mass is 9.53. The third kappa shape index (κ3) is 1.96. The molecule has 0 spiro atoms. The largest absolute Gasteiger partial charge is 0.333 e. The van der Waals surface area contributed by atoms with Crippen molar-refractivity contribution in [3.8, 4) is 6.07 Å². The monoisotopic (exact) mass is 247 g/mol. The van der Waals surface area contributed by atoms with Crippen molar-refractivity contribution in [1.82, 2.24) is 10.2 Å². The predicted molar refractivity (Wildman–Crippen MR) is 67.7 cm³/mol. The van der Waals surface area contributed by atoms with Crippen LogP contribution in [0.4, 0.5) is 4.79 Å². The SMILES string of the molecule is CN(CC#N)C(=O)NC12CC3CC(CC(C3)C1)C2. The molecule has 0 radical (unpaired) electrons. The molecule has 4 heteroatoms. The van der Waals surface area contributed by atoms with Crippen LogP contribution in [0, 0.1) is 29.1 Å². The third-order valence-corrected chi connectivity index (χ3v) is 5.06. The Balaban J connectivity index is 1.69. The van der Waals surface area contributed by atoms with Crippen molar-refractivity contribution in [3.05, 3.63) is 0 Å². The van der Waals surface area contributed by atoms with Crippen LogP contribution in [0.25, 0.3) is 0 Å². The molecule has 0 aromatic rings. The molecule has 4 aliphatic rings. The van der Waals surface area contributed by atoms with Gasteiger partial charge < -0.3 is 10.2 Å². The number of carbonyl (C=O) groups is 1. The lowest BCUT2D eigenvalue weighted by molar-refractivity contribution is -0.0151. The highest BCUT2D eigenvalue weighted by Crippen LogP contribution is 2.55. The molecule has 4 rings (SSSR count). The first kappa shape index (κ1) is 11.8. The van der Waals surface area contributed by atoms with E-state index in [0.717, 1.165) is 37.0 Å². The maximum absolute atomic E-state index is 12.1. The summed E-state index contributed by atoms with van der Waals surface area (Å²) in [6, 6.07) is 1.95. The lowest BCUT2D eigenvalue weighted by Gasteiger charge is -2.57. The summed E-state index contributed by atoms with van der Waals surface area (Å²) in [5, 5.41) is 11.9. The molecule has 2 amide bonds. The zero-order valence-corrected chi connectivity index (χ0v) is 11.0. The molecular weight excluding hydrogens is 226 g/mol. The normalized spacial score (nSPS) is 40.3. The number of nitriles is 1. The number of hydrogen-bond acceptors (Lipinski definition) is 2. The first-order valence-corrected chi connectivity index (χ1v) is 7.00. The van der Waals surface area contributed by atoms with Crippen LogP contribution in [0.5, 0.6) is 0 Å². The number of nitrogens with one attached hydrogen (secondary N) is 1. The van der Waals surface area contributed by atoms with E-state index in [-0.39, 0.29) is 18.1 Å². The van der Waals surface area contributed by atoms with Crippen LogP contribution in [0.3, 0.4) is 0 Å². The smallest absolute Gasteiger partial charge is 0.318 e.